The monoisotopic (exact) mass is 228 g/mol. The SMILES string of the molecule is COCOC1=C(C)C(=O)O[C@@]1(C)CCC=O. The van der Waals surface area contributed by atoms with E-state index < -0.39 is 11.6 Å². The van der Waals surface area contributed by atoms with Gasteiger partial charge in [0.1, 0.15) is 6.29 Å². The minimum atomic E-state index is -0.847. The molecule has 0 aromatic rings. The molecule has 0 saturated carbocycles. The van der Waals surface area contributed by atoms with E-state index in [-0.39, 0.29) is 6.79 Å². The lowest BCUT2D eigenvalue weighted by Gasteiger charge is -2.25. The number of hydrogen-bond donors (Lipinski definition) is 0. The maximum atomic E-state index is 11.4. The first-order chi connectivity index (χ1) is 7.55. The summed E-state index contributed by atoms with van der Waals surface area (Å²) in [7, 11) is 1.50. The van der Waals surface area contributed by atoms with Crippen molar-refractivity contribution in [2.45, 2.75) is 32.3 Å². The molecule has 0 saturated heterocycles. The summed E-state index contributed by atoms with van der Waals surface area (Å²) < 4.78 is 15.4. The molecule has 1 atom stereocenters. The largest absolute Gasteiger partial charge is 0.467 e. The summed E-state index contributed by atoms with van der Waals surface area (Å²) in [5.41, 5.74) is -0.411. The Balaban J connectivity index is 2.84. The van der Waals surface area contributed by atoms with Crippen molar-refractivity contribution in [2.24, 2.45) is 0 Å². The van der Waals surface area contributed by atoms with E-state index in [0.29, 0.717) is 24.2 Å². The van der Waals surface area contributed by atoms with Gasteiger partial charge in [-0.05, 0) is 13.8 Å². The maximum absolute atomic E-state index is 11.4. The lowest BCUT2D eigenvalue weighted by atomic mass is 9.97. The molecule has 1 aliphatic heterocycles. The van der Waals surface area contributed by atoms with Crippen LogP contribution in [0.2, 0.25) is 0 Å². The molecule has 5 nitrogen and oxygen atoms in total. The molecule has 0 amide bonds. The number of aldehydes is 1. The number of ether oxygens (including phenoxy) is 3. The highest BCUT2D eigenvalue weighted by Crippen LogP contribution is 2.36. The maximum Gasteiger partial charge on any atom is 0.338 e. The lowest BCUT2D eigenvalue weighted by molar-refractivity contribution is -0.149. The number of carbonyl (C=O) groups is 2. The van der Waals surface area contributed by atoms with Crippen LogP contribution >= 0.6 is 0 Å². The molecule has 0 aromatic carbocycles. The molecule has 0 radical (unpaired) electrons. The van der Waals surface area contributed by atoms with Crippen LogP contribution in [-0.4, -0.2) is 31.8 Å². The molecule has 16 heavy (non-hydrogen) atoms. The summed E-state index contributed by atoms with van der Waals surface area (Å²) in [4.78, 5) is 21.8. The average molecular weight is 228 g/mol. The zero-order valence-electron chi connectivity index (χ0n) is 9.74. The van der Waals surface area contributed by atoms with E-state index in [4.69, 9.17) is 14.2 Å². The van der Waals surface area contributed by atoms with Gasteiger partial charge in [0.15, 0.2) is 18.2 Å². The molecular weight excluding hydrogens is 212 g/mol. The Morgan fingerprint density at radius 3 is 2.75 bits per heavy atom. The molecule has 0 bridgehead atoms. The van der Waals surface area contributed by atoms with Crippen molar-refractivity contribution in [1.82, 2.24) is 0 Å². The van der Waals surface area contributed by atoms with Gasteiger partial charge in [0, 0.05) is 20.0 Å². The Morgan fingerprint density at radius 1 is 1.50 bits per heavy atom. The van der Waals surface area contributed by atoms with Gasteiger partial charge in [-0.15, -0.1) is 0 Å². The van der Waals surface area contributed by atoms with Gasteiger partial charge in [0.2, 0.25) is 0 Å². The number of esters is 1. The number of hydrogen-bond acceptors (Lipinski definition) is 5. The molecule has 0 aliphatic carbocycles. The van der Waals surface area contributed by atoms with Gasteiger partial charge in [-0.2, -0.15) is 0 Å². The molecule has 0 unspecified atom stereocenters. The van der Waals surface area contributed by atoms with E-state index >= 15 is 0 Å². The number of cyclic esters (lactones) is 1. The third-order valence-electron chi connectivity index (χ3n) is 2.51. The Kier molecular flexibility index (Phi) is 4.06. The van der Waals surface area contributed by atoms with Crippen molar-refractivity contribution >= 4 is 12.3 Å². The van der Waals surface area contributed by atoms with Crippen LogP contribution in [0.3, 0.4) is 0 Å². The van der Waals surface area contributed by atoms with Crippen LogP contribution in [0.1, 0.15) is 26.7 Å². The van der Waals surface area contributed by atoms with Crippen molar-refractivity contribution < 1.29 is 23.8 Å². The predicted octanol–water partition coefficient (Wildman–Crippen LogP) is 1.18. The highest BCUT2D eigenvalue weighted by Gasteiger charge is 2.43. The van der Waals surface area contributed by atoms with Gasteiger partial charge in [0.25, 0.3) is 0 Å². The van der Waals surface area contributed by atoms with Crippen LogP contribution < -0.4 is 0 Å². The second-order valence-electron chi connectivity index (χ2n) is 3.83. The third-order valence-corrected chi connectivity index (χ3v) is 2.51. The van der Waals surface area contributed by atoms with Crippen LogP contribution in [0, 0.1) is 0 Å². The number of rotatable bonds is 6. The molecule has 0 aromatic heterocycles. The molecule has 0 N–H and O–H groups in total. The summed E-state index contributed by atoms with van der Waals surface area (Å²) >= 11 is 0. The normalized spacial score (nSPS) is 24.6. The first kappa shape index (κ1) is 12.7. The van der Waals surface area contributed by atoms with Crippen molar-refractivity contribution in [3.05, 3.63) is 11.3 Å². The summed E-state index contributed by atoms with van der Waals surface area (Å²) in [6.07, 6.45) is 1.52. The molecule has 0 spiro atoms. The first-order valence-electron chi connectivity index (χ1n) is 5.05. The fraction of sp³-hybridized carbons (Fsp3) is 0.636. The van der Waals surface area contributed by atoms with E-state index in [1.165, 1.54) is 7.11 Å². The van der Waals surface area contributed by atoms with Gasteiger partial charge in [-0.3, -0.25) is 0 Å². The Morgan fingerprint density at radius 2 is 2.19 bits per heavy atom. The van der Waals surface area contributed by atoms with Gasteiger partial charge in [-0.1, -0.05) is 0 Å². The van der Waals surface area contributed by atoms with Crippen LogP contribution in [0.4, 0.5) is 0 Å². The predicted molar refractivity (Wildman–Crippen MR) is 55.5 cm³/mol. The van der Waals surface area contributed by atoms with Gasteiger partial charge < -0.3 is 19.0 Å². The topological polar surface area (TPSA) is 61.8 Å². The Labute approximate surface area is 94.4 Å². The van der Waals surface area contributed by atoms with Crippen LogP contribution in [-0.2, 0) is 23.8 Å². The van der Waals surface area contributed by atoms with Crippen LogP contribution in [0.15, 0.2) is 11.3 Å². The summed E-state index contributed by atoms with van der Waals surface area (Å²) in [5, 5.41) is 0. The standard InChI is InChI=1S/C11H16O5/c1-8-9(15-7-14-3)11(2,5-4-6-12)16-10(8)13/h6H,4-5,7H2,1-3H3/t11-/m0/s1. The molecule has 1 heterocycles. The van der Waals surface area contributed by atoms with Crippen molar-refractivity contribution in [2.75, 3.05) is 13.9 Å². The van der Waals surface area contributed by atoms with E-state index in [0.717, 1.165) is 6.29 Å². The van der Waals surface area contributed by atoms with Gasteiger partial charge in [-0.25, -0.2) is 4.79 Å². The highest BCUT2D eigenvalue weighted by atomic mass is 16.7. The Bertz CT molecular complexity index is 320. The number of methoxy groups -OCH3 is 1. The van der Waals surface area contributed by atoms with Crippen molar-refractivity contribution in [3.63, 3.8) is 0 Å². The smallest absolute Gasteiger partial charge is 0.338 e. The fourth-order valence-electron chi connectivity index (χ4n) is 1.69. The Hall–Kier alpha value is -1.36. The van der Waals surface area contributed by atoms with Gasteiger partial charge >= 0.3 is 5.97 Å². The summed E-state index contributed by atoms with van der Waals surface area (Å²) in [6, 6.07) is 0. The summed E-state index contributed by atoms with van der Waals surface area (Å²) in [5.74, 6) is 0.0562. The van der Waals surface area contributed by atoms with Crippen LogP contribution in [0.5, 0.6) is 0 Å². The minimum absolute atomic E-state index is 0.0555. The highest BCUT2D eigenvalue weighted by molar-refractivity contribution is 5.91. The van der Waals surface area contributed by atoms with Gasteiger partial charge in [0.05, 0.1) is 5.57 Å². The van der Waals surface area contributed by atoms with Crippen LogP contribution in [0.25, 0.3) is 0 Å². The lowest BCUT2D eigenvalue weighted by Crippen LogP contribution is -2.29. The number of carbonyl (C=O) groups excluding carboxylic acids is 2. The summed E-state index contributed by atoms with van der Waals surface area (Å²) in [6.45, 7) is 3.43. The zero-order valence-corrected chi connectivity index (χ0v) is 9.74. The van der Waals surface area contributed by atoms with E-state index in [1.807, 2.05) is 0 Å². The van der Waals surface area contributed by atoms with Crippen molar-refractivity contribution in [1.29, 1.82) is 0 Å². The van der Waals surface area contributed by atoms with E-state index in [1.54, 1.807) is 13.8 Å². The third kappa shape index (κ3) is 2.41. The fourth-order valence-corrected chi connectivity index (χ4v) is 1.69. The molecule has 1 aliphatic rings. The first-order valence-corrected chi connectivity index (χ1v) is 5.05. The molecule has 1 rings (SSSR count). The average Bonchev–Trinajstić information content (AvgIpc) is 2.46. The minimum Gasteiger partial charge on any atom is -0.467 e. The zero-order chi connectivity index (χ0) is 12.2. The molecular formula is C11H16O5. The second-order valence-corrected chi connectivity index (χ2v) is 3.83. The molecule has 90 valence electrons. The second kappa shape index (κ2) is 5.12. The molecule has 5 heteroatoms. The quantitative estimate of drug-likeness (QED) is 0.388. The van der Waals surface area contributed by atoms with E-state index in [9.17, 15) is 9.59 Å². The molecule has 0 fully saturated rings. The van der Waals surface area contributed by atoms with Crippen molar-refractivity contribution in [3.8, 4) is 0 Å². The van der Waals surface area contributed by atoms with E-state index in [2.05, 4.69) is 0 Å².